The van der Waals surface area contributed by atoms with Crippen LogP contribution in [0.1, 0.15) is 45.5 Å². The molecule has 3 aromatic rings. The quantitative estimate of drug-likeness (QED) is 0.461. The van der Waals surface area contributed by atoms with Crippen molar-refractivity contribution in [1.82, 2.24) is 14.5 Å². The van der Waals surface area contributed by atoms with Gasteiger partial charge in [0, 0.05) is 28.8 Å². The standard InChI is InChI=1S/C23H26Cl2N4O2/c1-4-12-29(23(31)26-17-9-7-8-15(24)13-17)20(5-2)21-27-19-14-16(25)10-11-18(19)22(30)28(21)6-3/h7-11,13-14,20H,4-6,12H2,1-3H3,(H,26,31)/t20-/m1/s1. The van der Waals surface area contributed by atoms with Crippen LogP contribution < -0.4 is 10.9 Å². The fourth-order valence-electron chi connectivity index (χ4n) is 3.72. The molecule has 1 atom stereocenters. The Morgan fingerprint density at radius 1 is 1.13 bits per heavy atom. The normalized spacial score (nSPS) is 12.0. The van der Waals surface area contributed by atoms with Gasteiger partial charge in [-0.2, -0.15) is 0 Å². The average Bonchev–Trinajstić information content (AvgIpc) is 2.73. The number of rotatable bonds is 7. The molecule has 0 aliphatic heterocycles. The first-order chi connectivity index (χ1) is 14.9. The van der Waals surface area contributed by atoms with E-state index in [2.05, 4.69) is 5.32 Å². The largest absolute Gasteiger partial charge is 0.322 e. The van der Waals surface area contributed by atoms with E-state index in [9.17, 15) is 9.59 Å². The number of anilines is 1. The summed E-state index contributed by atoms with van der Waals surface area (Å²) in [5.41, 5.74) is 1.01. The van der Waals surface area contributed by atoms with Crippen LogP contribution in [-0.2, 0) is 6.54 Å². The molecule has 31 heavy (non-hydrogen) atoms. The maximum absolute atomic E-state index is 13.2. The van der Waals surface area contributed by atoms with Crippen LogP contribution in [0.4, 0.5) is 10.5 Å². The lowest BCUT2D eigenvalue weighted by molar-refractivity contribution is 0.180. The van der Waals surface area contributed by atoms with Crippen LogP contribution in [0.25, 0.3) is 10.9 Å². The maximum atomic E-state index is 13.2. The van der Waals surface area contributed by atoms with Crippen LogP contribution in [0.2, 0.25) is 10.0 Å². The highest BCUT2D eigenvalue weighted by Gasteiger charge is 2.28. The molecule has 3 rings (SSSR count). The molecular formula is C23H26Cl2N4O2. The molecule has 1 aromatic heterocycles. The van der Waals surface area contributed by atoms with Crippen molar-refractivity contribution in [2.45, 2.75) is 46.2 Å². The summed E-state index contributed by atoms with van der Waals surface area (Å²) >= 11 is 12.2. The van der Waals surface area contributed by atoms with Crippen molar-refractivity contribution in [2.75, 3.05) is 11.9 Å². The predicted molar refractivity (Wildman–Crippen MR) is 127 cm³/mol. The van der Waals surface area contributed by atoms with Crippen LogP contribution in [0.5, 0.6) is 0 Å². The first-order valence-electron chi connectivity index (χ1n) is 10.4. The summed E-state index contributed by atoms with van der Waals surface area (Å²) in [4.78, 5) is 32.9. The fraction of sp³-hybridized carbons (Fsp3) is 0.348. The lowest BCUT2D eigenvalue weighted by Crippen LogP contribution is -2.41. The number of hydrogen-bond acceptors (Lipinski definition) is 3. The summed E-state index contributed by atoms with van der Waals surface area (Å²) in [6, 6.07) is 11.4. The van der Waals surface area contributed by atoms with Crippen molar-refractivity contribution in [3.63, 3.8) is 0 Å². The Hall–Kier alpha value is -2.57. The van der Waals surface area contributed by atoms with Gasteiger partial charge < -0.3 is 10.2 Å². The Kier molecular flexibility index (Phi) is 7.57. The SMILES string of the molecule is CCCN(C(=O)Nc1cccc(Cl)c1)[C@H](CC)c1nc2cc(Cl)ccc2c(=O)n1CC. The van der Waals surface area contributed by atoms with Crippen LogP contribution in [-0.4, -0.2) is 27.0 Å². The van der Waals surface area contributed by atoms with Crippen LogP contribution >= 0.6 is 23.2 Å². The Labute approximate surface area is 191 Å². The summed E-state index contributed by atoms with van der Waals surface area (Å²) < 4.78 is 1.64. The molecule has 0 unspecified atom stereocenters. The molecule has 6 nitrogen and oxygen atoms in total. The molecule has 8 heteroatoms. The van der Waals surface area contributed by atoms with Gasteiger partial charge in [0.05, 0.1) is 16.9 Å². The zero-order chi connectivity index (χ0) is 22.5. The highest BCUT2D eigenvalue weighted by molar-refractivity contribution is 6.31. The number of nitrogens with zero attached hydrogens (tertiary/aromatic N) is 3. The van der Waals surface area contributed by atoms with E-state index in [1.807, 2.05) is 20.8 Å². The predicted octanol–water partition coefficient (Wildman–Crippen LogP) is 6.12. The van der Waals surface area contributed by atoms with Crippen LogP contribution in [0.3, 0.4) is 0 Å². The first kappa shape index (κ1) is 23.1. The summed E-state index contributed by atoms with van der Waals surface area (Å²) in [5, 5.41) is 4.48. The van der Waals surface area contributed by atoms with E-state index in [0.717, 1.165) is 6.42 Å². The molecule has 1 heterocycles. The summed E-state index contributed by atoms with van der Waals surface area (Å²) in [6.45, 7) is 6.85. The maximum Gasteiger partial charge on any atom is 0.322 e. The molecule has 2 aromatic carbocycles. The summed E-state index contributed by atoms with van der Waals surface area (Å²) in [6.07, 6.45) is 1.36. The van der Waals surface area contributed by atoms with E-state index in [1.165, 1.54) is 0 Å². The first-order valence-corrected chi connectivity index (χ1v) is 11.2. The lowest BCUT2D eigenvalue weighted by atomic mass is 10.1. The van der Waals surface area contributed by atoms with Gasteiger partial charge in [-0.1, -0.05) is 43.1 Å². The highest BCUT2D eigenvalue weighted by atomic mass is 35.5. The minimum atomic E-state index is -0.379. The third-order valence-electron chi connectivity index (χ3n) is 5.13. The van der Waals surface area contributed by atoms with Gasteiger partial charge in [0.25, 0.3) is 5.56 Å². The van der Waals surface area contributed by atoms with Crippen molar-refractivity contribution in [2.24, 2.45) is 0 Å². The van der Waals surface area contributed by atoms with Gasteiger partial charge in [-0.25, -0.2) is 9.78 Å². The lowest BCUT2D eigenvalue weighted by Gasteiger charge is -2.32. The van der Waals surface area contributed by atoms with Gasteiger partial charge in [0.2, 0.25) is 0 Å². The number of nitrogens with one attached hydrogen (secondary N) is 1. The number of benzene rings is 2. The summed E-state index contributed by atoms with van der Waals surface area (Å²) in [7, 11) is 0. The molecule has 0 aliphatic carbocycles. The van der Waals surface area contributed by atoms with E-state index in [0.29, 0.717) is 52.0 Å². The molecule has 1 N–H and O–H groups in total. The van der Waals surface area contributed by atoms with Crippen molar-refractivity contribution < 1.29 is 4.79 Å². The van der Waals surface area contributed by atoms with Crippen molar-refractivity contribution in [3.05, 3.63) is 68.7 Å². The smallest absolute Gasteiger partial charge is 0.314 e. The van der Waals surface area contributed by atoms with Gasteiger partial charge in [0.1, 0.15) is 5.82 Å². The third-order valence-corrected chi connectivity index (χ3v) is 5.60. The second kappa shape index (κ2) is 10.2. The van der Waals surface area contributed by atoms with Gasteiger partial charge in [-0.05, 0) is 56.2 Å². The second-order valence-electron chi connectivity index (χ2n) is 7.24. The Bertz CT molecular complexity index is 1150. The average molecular weight is 461 g/mol. The number of carbonyl (C=O) groups is 1. The van der Waals surface area contributed by atoms with Crippen LogP contribution in [0, 0.1) is 0 Å². The second-order valence-corrected chi connectivity index (χ2v) is 8.11. The van der Waals surface area contributed by atoms with E-state index in [4.69, 9.17) is 28.2 Å². The van der Waals surface area contributed by atoms with Gasteiger partial charge in [-0.15, -0.1) is 0 Å². The monoisotopic (exact) mass is 460 g/mol. The molecule has 2 amide bonds. The Balaban J connectivity index is 2.07. The van der Waals surface area contributed by atoms with Gasteiger partial charge >= 0.3 is 6.03 Å². The number of amides is 2. The molecule has 0 radical (unpaired) electrons. The minimum Gasteiger partial charge on any atom is -0.314 e. The Morgan fingerprint density at radius 2 is 1.87 bits per heavy atom. The molecule has 0 saturated heterocycles. The highest BCUT2D eigenvalue weighted by Crippen LogP contribution is 2.26. The van der Waals surface area contributed by atoms with Crippen molar-refractivity contribution in [3.8, 4) is 0 Å². The molecule has 0 fully saturated rings. The molecule has 0 saturated carbocycles. The molecule has 0 aliphatic rings. The number of aromatic nitrogens is 2. The number of urea groups is 1. The third kappa shape index (κ3) is 5.02. The minimum absolute atomic E-state index is 0.135. The molecule has 0 spiro atoms. The molecular weight excluding hydrogens is 435 g/mol. The van der Waals surface area contributed by atoms with E-state index >= 15 is 0 Å². The topological polar surface area (TPSA) is 67.2 Å². The Morgan fingerprint density at radius 3 is 2.52 bits per heavy atom. The zero-order valence-electron chi connectivity index (χ0n) is 17.9. The van der Waals surface area contributed by atoms with E-state index < -0.39 is 0 Å². The van der Waals surface area contributed by atoms with Gasteiger partial charge in [-0.3, -0.25) is 9.36 Å². The number of carbonyl (C=O) groups excluding carboxylic acids is 1. The number of halogens is 2. The summed E-state index contributed by atoms with van der Waals surface area (Å²) in [5.74, 6) is 0.555. The van der Waals surface area contributed by atoms with Crippen molar-refractivity contribution in [1.29, 1.82) is 0 Å². The number of hydrogen-bond donors (Lipinski definition) is 1. The zero-order valence-corrected chi connectivity index (χ0v) is 19.4. The van der Waals surface area contributed by atoms with E-state index in [-0.39, 0.29) is 17.6 Å². The van der Waals surface area contributed by atoms with E-state index in [1.54, 1.807) is 51.9 Å². The molecule has 0 bridgehead atoms. The van der Waals surface area contributed by atoms with Gasteiger partial charge in [0.15, 0.2) is 0 Å². The van der Waals surface area contributed by atoms with Crippen LogP contribution in [0.15, 0.2) is 47.3 Å². The fourth-order valence-corrected chi connectivity index (χ4v) is 4.07. The van der Waals surface area contributed by atoms with Crippen molar-refractivity contribution >= 4 is 45.8 Å². The molecule has 164 valence electrons. The number of fused-ring (bicyclic) bond motifs is 1.